The van der Waals surface area contributed by atoms with E-state index in [0.29, 0.717) is 0 Å². The predicted molar refractivity (Wildman–Crippen MR) is 622 cm³/mol. The molecule has 4 aliphatic rings. The first-order valence-electron chi connectivity index (χ1n) is 51.4. The summed E-state index contributed by atoms with van der Waals surface area (Å²) in [6.07, 6.45) is 0. The summed E-state index contributed by atoms with van der Waals surface area (Å²) in [4.78, 5) is 0. The smallest absolute Gasteiger partial charge is 0.123 e. The summed E-state index contributed by atoms with van der Waals surface area (Å²) in [6.45, 7) is 31.4. The zero-order valence-electron chi connectivity index (χ0n) is 85.0. The van der Waals surface area contributed by atoms with Gasteiger partial charge in [0.25, 0.3) is 0 Å². The first-order valence-corrected chi connectivity index (χ1v) is 51.4. The molecular weight excluding hydrogens is 1770 g/mol. The van der Waals surface area contributed by atoms with Gasteiger partial charge in [0.05, 0.1) is 0 Å². The van der Waals surface area contributed by atoms with Gasteiger partial charge in [-0.2, -0.15) is 0 Å². The molecule has 4 aliphatic carbocycles. The fourth-order valence-corrected chi connectivity index (χ4v) is 25.1. The Morgan fingerprint density at radius 2 is 0.349 bits per heavy atom. The van der Waals surface area contributed by atoms with Crippen LogP contribution in [0.5, 0.6) is 0 Å². The molecule has 0 fully saturated rings. The molecule has 146 heavy (non-hydrogen) atoms. The molecule has 28 rings (SSSR count). The van der Waals surface area contributed by atoms with Crippen molar-refractivity contribution < 1.29 is 8.78 Å². The highest BCUT2D eigenvalue weighted by Gasteiger charge is 2.38. The number of aryl methyl sites for hydroxylation is 8. The minimum Gasteiger partial charge on any atom is -0.207 e. The lowest BCUT2D eigenvalue weighted by Crippen LogP contribution is -2.10. The van der Waals surface area contributed by atoms with Gasteiger partial charge in [-0.1, -0.05) is 463 Å². The molecule has 0 saturated carbocycles. The SMILES string of the molecule is CC(C)(C)c1ccc(-c2c3c(c(-c4ccc(C(C)(C)C)cc4)c4ccccc24)-c2cccc4cccc-3c24)cc1.Cc1cc(C)cc(-c2c3c(c(-c4cc(C)cc(C)c4)c4ccccc24)-c2cccc4cccc-3c24)c1.Cc1ccc(C)c(-c2c3c(c(-c4cc(C)ccc4C)c4ccccc24)-c2cccc4cccc-3c24)c1.Fc1ccc(-c2c3c(c(-c4ccc(F)cc4)c4ccccc24)-c2cccc4cccc-3c24)cc1. The van der Waals surface area contributed by atoms with Crippen molar-refractivity contribution in [1.82, 2.24) is 0 Å². The third-order valence-electron chi connectivity index (χ3n) is 31.3. The molecule has 0 atom stereocenters. The van der Waals surface area contributed by atoms with E-state index in [9.17, 15) is 8.78 Å². The van der Waals surface area contributed by atoms with Crippen LogP contribution in [0.4, 0.5) is 8.78 Å². The molecule has 2 heteroatoms. The van der Waals surface area contributed by atoms with Crippen molar-refractivity contribution in [2.24, 2.45) is 0 Å². The van der Waals surface area contributed by atoms with E-state index < -0.39 is 0 Å². The van der Waals surface area contributed by atoms with Crippen LogP contribution in [-0.4, -0.2) is 0 Å². The minimum absolute atomic E-state index is 0.119. The molecule has 0 aromatic heterocycles. The average molecular weight is 1880 g/mol. The number of hydrogen-bond acceptors (Lipinski definition) is 0. The van der Waals surface area contributed by atoms with Crippen LogP contribution in [0.3, 0.4) is 0 Å². The Bertz CT molecular complexity index is 9050. The van der Waals surface area contributed by atoms with Crippen molar-refractivity contribution in [2.75, 3.05) is 0 Å². The van der Waals surface area contributed by atoms with Crippen molar-refractivity contribution in [1.29, 1.82) is 0 Å². The highest BCUT2D eigenvalue weighted by atomic mass is 19.1. The molecule has 0 N–H and O–H groups in total. The Morgan fingerprint density at radius 3 is 0.568 bits per heavy atom. The predicted octanol–water partition coefficient (Wildman–Crippen LogP) is 41.2. The van der Waals surface area contributed by atoms with E-state index in [2.05, 4.69) is 449 Å². The number of benzene rings is 24. The molecule has 700 valence electrons. The van der Waals surface area contributed by atoms with E-state index in [1.807, 2.05) is 36.4 Å². The first-order chi connectivity index (χ1) is 70.8. The molecule has 24 aromatic rings. The lowest BCUT2D eigenvalue weighted by molar-refractivity contribution is 0.590. The summed E-state index contributed by atoms with van der Waals surface area (Å²) in [7, 11) is 0. The van der Waals surface area contributed by atoms with Gasteiger partial charge < -0.3 is 0 Å². The number of hydrogen-bond donors (Lipinski definition) is 0. The maximum atomic E-state index is 13.9. The highest BCUT2D eigenvalue weighted by molar-refractivity contribution is 6.33. The molecule has 0 aliphatic heterocycles. The fourth-order valence-electron chi connectivity index (χ4n) is 25.1. The Morgan fingerprint density at radius 1 is 0.151 bits per heavy atom. The van der Waals surface area contributed by atoms with E-state index in [1.165, 1.54) is 300 Å². The molecule has 0 amide bonds. The van der Waals surface area contributed by atoms with Crippen LogP contribution in [-0.2, 0) is 10.8 Å². The molecule has 0 spiro atoms. The molecular formula is C144H110F2. The summed E-state index contributed by atoms with van der Waals surface area (Å²) < 4.78 is 27.8. The maximum Gasteiger partial charge on any atom is 0.123 e. The number of halogens is 2. The summed E-state index contributed by atoms with van der Waals surface area (Å²) in [6, 6.07) is 149. The van der Waals surface area contributed by atoms with Crippen LogP contribution in [0.1, 0.15) is 97.2 Å². The third-order valence-corrected chi connectivity index (χ3v) is 31.3. The second-order valence-electron chi connectivity index (χ2n) is 43.1. The van der Waals surface area contributed by atoms with Crippen molar-refractivity contribution in [3.8, 4) is 178 Å². The summed E-state index contributed by atoms with van der Waals surface area (Å²) in [5.41, 5.74) is 54.4. The zero-order chi connectivity index (χ0) is 99.7. The molecule has 24 aromatic carbocycles. The Hall–Kier alpha value is -16.8. The molecule has 0 heterocycles. The van der Waals surface area contributed by atoms with E-state index in [1.54, 1.807) is 0 Å². The van der Waals surface area contributed by atoms with E-state index in [-0.39, 0.29) is 22.5 Å². The standard InChI is InChI=1S/C40H36.2C36H28.C32H18F2/c1-39(2,3)28-21-17-26(18-22-28)35-30-13-7-8-14-31(30)36(27-19-23-29(24-20-27)40(4,5)6)38-33-16-10-12-25-11-9-15-32(34(25)33)37(35)38;1-21-15-22(2)18-26(17-21)33-28-11-5-6-12-29(28)34(27-19-23(3)16-24(4)20-27)36-31-14-8-10-25-9-7-13-30(32(25)31)35(33)36;1-21-15-17-23(3)30(19-21)33-26-11-5-6-12-27(26)34(31-20-22(2)16-18-24(31)4)36-29-14-8-10-25-9-7-13-28(32(25)29)35(33)36;33-22-15-11-20(12-16-22)29-24-7-1-2-8-25(24)30(21-13-17-23(34)18-14-21)32-27-10-4-6-19-5-3-9-26(28(19)27)31(29)32/h7-24H,1-6H3;2*5-20H,1-4H3;1-18H. The van der Waals surface area contributed by atoms with Gasteiger partial charge in [0, 0.05) is 0 Å². The van der Waals surface area contributed by atoms with Crippen LogP contribution in [0, 0.1) is 67.0 Å². The number of fused-ring (bicyclic) bond motifs is 16. The lowest BCUT2D eigenvalue weighted by atomic mass is 9.80. The van der Waals surface area contributed by atoms with Crippen LogP contribution < -0.4 is 0 Å². The first kappa shape index (κ1) is 90.5. The maximum absolute atomic E-state index is 13.9. The molecule has 0 bridgehead atoms. The van der Waals surface area contributed by atoms with Gasteiger partial charge in [0.15, 0.2) is 0 Å². The zero-order valence-corrected chi connectivity index (χ0v) is 85.0. The van der Waals surface area contributed by atoms with Crippen molar-refractivity contribution in [3.63, 3.8) is 0 Å². The van der Waals surface area contributed by atoms with Gasteiger partial charge in [-0.05, 0) is 377 Å². The molecule has 0 nitrogen and oxygen atoms in total. The van der Waals surface area contributed by atoms with Gasteiger partial charge in [0.2, 0.25) is 0 Å². The van der Waals surface area contributed by atoms with Crippen LogP contribution in [0.15, 0.2) is 413 Å². The van der Waals surface area contributed by atoms with Crippen molar-refractivity contribution in [3.05, 3.63) is 480 Å². The second kappa shape index (κ2) is 35.1. The van der Waals surface area contributed by atoms with Gasteiger partial charge in [-0.15, -0.1) is 0 Å². The van der Waals surface area contributed by atoms with Gasteiger partial charge in [0.1, 0.15) is 11.6 Å². The normalized spacial score (nSPS) is 12.1. The van der Waals surface area contributed by atoms with Crippen molar-refractivity contribution in [2.45, 2.75) is 108 Å². The van der Waals surface area contributed by atoms with Crippen LogP contribution in [0.2, 0.25) is 0 Å². The van der Waals surface area contributed by atoms with Crippen LogP contribution in [0.25, 0.3) is 264 Å². The molecule has 0 saturated heterocycles. The van der Waals surface area contributed by atoms with Crippen molar-refractivity contribution >= 4 is 86.2 Å². The van der Waals surface area contributed by atoms with Crippen LogP contribution >= 0.6 is 0 Å². The lowest BCUT2D eigenvalue weighted by Gasteiger charge is -2.23. The Labute approximate surface area is 854 Å². The summed E-state index contributed by atoms with van der Waals surface area (Å²) in [5.74, 6) is -0.504. The van der Waals surface area contributed by atoms with Gasteiger partial charge >= 0.3 is 0 Å². The minimum atomic E-state index is -0.252. The third kappa shape index (κ3) is 14.9. The van der Waals surface area contributed by atoms with E-state index >= 15 is 0 Å². The molecule has 0 unspecified atom stereocenters. The second-order valence-corrected chi connectivity index (χ2v) is 43.1. The summed E-state index contributed by atoms with van der Waals surface area (Å²) >= 11 is 0. The van der Waals surface area contributed by atoms with E-state index in [4.69, 9.17) is 0 Å². The monoisotopic (exact) mass is 1880 g/mol. The largest absolute Gasteiger partial charge is 0.207 e. The Balaban J connectivity index is 0.000000102. The summed E-state index contributed by atoms with van der Waals surface area (Å²) in [5, 5.41) is 20.6. The molecule has 0 radical (unpaired) electrons. The number of rotatable bonds is 8. The average Bonchev–Trinajstić information content (AvgIpc) is 1.59. The quantitative estimate of drug-likeness (QED) is 0.142. The fraction of sp³-hybridized carbons (Fsp3) is 0.111. The van der Waals surface area contributed by atoms with Gasteiger partial charge in [-0.25, -0.2) is 8.78 Å². The topological polar surface area (TPSA) is 0 Å². The van der Waals surface area contributed by atoms with E-state index in [0.717, 1.165) is 44.2 Å². The Kier molecular flexibility index (Phi) is 21.7. The highest BCUT2D eigenvalue weighted by Crippen LogP contribution is 2.64. The van der Waals surface area contributed by atoms with Gasteiger partial charge in [-0.3, -0.25) is 0 Å².